The highest BCUT2D eigenvalue weighted by atomic mass is 35.5. The van der Waals surface area contributed by atoms with Crippen molar-refractivity contribution in [2.45, 2.75) is 37.5 Å². The fraction of sp³-hybridized carbons (Fsp3) is 0.333. The first kappa shape index (κ1) is 18.3. The van der Waals surface area contributed by atoms with Crippen molar-refractivity contribution in [3.63, 3.8) is 0 Å². The molecule has 1 aromatic carbocycles. The molecule has 1 saturated carbocycles. The van der Waals surface area contributed by atoms with Crippen LogP contribution in [0.3, 0.4) is 0 Å². The second-order valence-corrected chi connectivity index (χ2v) is 8.41. The average molecular weight is 400 g/mol. The maximum Gasteiger partial charge on any atom is 0.230 e. The quantitative estimate of drug-likeness (QED) is 0.615. The van der Waals surface area contributed by atoms with Crippen molar-refractivity contribution in [2.24, 2.45) is 0 Å². The molecule has 27 heavy (non-hydrogen) atoms. The predicted molar refractivity (Wildman–Crippen MR) is 110 cm³/mol. The van der Waals surface area contributed by atoms with E-state index in [1.807, 2.05) is 41.9 Å². The molecule has 2 N–H and O–H groups in total. The Bertz CT molecular complexity index is 896. The van der Waals surface area contributed by atoms with E-state index < -0.39 is 5.41 Å². The lowest BCUT2D eigenvalue weighted by atomic mass is 9.78. The topological polar surface area (TPSA) is 57.8 Å². The Morgan fingerprint density at radius 1 is 1.22 bits per heavy atom. The van der Waals surface area contributed by atoms with Crippen LogP contribution in [-0.2, 0) is 16.6 Å². The smallest absolute Gasteiger partial charge is 0.230 e. The lowest BCUT2D eigenvalue weighted by molar-refractivity contribution is -0.126. The normalized spacial score (nSPS) is 15.7. The van der Waals surface area contributed by atoms with Gasteiger partial charge in [-0.25, -0.2) is 4.98 Å². The van der Waals surface area contributed by atoms with Crippen LogP contribution in [0.15, 0.2) is 48.0 Å². The fourth-order valence-electron chi connectivity index (χ4n) is 3.90. The van der Waals surface area contributed by atoms with E-state index in [0.29, 0.717) is 18.0 Å². The van der Waals surface area contributed by atoms with Gasteiger partial charge < -0.3 is 10.3 Å². The summed E-state index contributed by atoms with van der Waals surface area (Å²) in [6.07, 6.45) is 6.49. The number of aromatic nitrogens is 2. The standard InChI is InChI=1S/C21H22ClN3OS/c22-16-7-5-15(6-8-16)21(10-1-2-11-21)20(26)23-12-9-19-24-14-17(25-19)18-4-3-13-27-18/h3-8,13-14H,1-2,9-12H2,(H,23,26)(H,24,25). The molecule has 1 fully saturated rings. The molecule has 2 heterocycles. The van der Waals surface area contributed by atoms with Crippen LogP contribution in [0.5, 0.6) is 0 Å². The van der Waals surface area contributed by atoms with Crippen LogP contribution in [0.1, 0.15) is 37.1 Å². The first-order chi connectivity index (χ1) is 13.2. The van der Waals surface area contributed by atoms with Crippen molar-refractivity contribution in [3.05, 3.63) is 64.4 Å². The Kier molecular flexibility index (Phi) is 5.32. The number of imidazole rings is 1. The molecule has 1 aliphatic carbocycles. The molecular weight excluding hydrogens is 378 g/mol. The Labute approximate surface area is 168 Å². The molecule has 1 aliphatic rings. The van der Waals surface area contributed by atoms with E-state index in [1.165, 1.54) is 4.88 Å². The van der Waals surface area contributed by atoms with Gasteiger partial charge >= 0.3 is 0 Å². The number of nitrogens with one attached hydrogen (secondary N) is 2. The summed E-state index contributed by atoms with van der Waals surface area (Å²) >= 11 is 7.71. The minimum absolute atomic E-state index is 0.118. The van der Waals surface area contributed by atoms with Crippen LogP contribution < -0.4 is 5.32 Å². The van der Waals surface area contributed by atoms with Crippen LogP contribution in [0.2, 0.25) is 5.02 Å². The van der Waals surface area contributed by atoms with Crippen molar-refractivity contribution >= 4 is 28.8 Å². The van der Waals surface area contributed by atoms with Crippen LogP contribution in [0.25, 0.3) is 10.6 Å². The first-order valence-electron chi connectivity index (χ1n) is 9.29. The summed E-state index contributed by atoms with van der Waals surface area (Å²) in [5.74, 6) is 1.01. The van der Waals surface area contributed by atoms with Gasteiger partial charge in [-0.05, 0) is 42.0 Å². The van der Waals surface area contributed by atoms with Gasteiger partial charge in [0.2, 0.25) is 5.91 Å². The largest absolute Gasteiger partial charge is 0.355 e. The maximum atomic E-state index is 13.1. The van der Waals surface area contributed by atoms with E-state index in [0.717, 1.165) is 42.8 Å². The number of rotatable bonds is 6. The van der Waals surface area contributed by atoms with Crippen molar-refractivity contribution in [1.82, 2.24) is 15.3 Å². The Hall–Kier alpha value is -2.11. The Morgan fingerprint density at radius 3 is 2.70 bits per heavy atom. The highest BCUT2D eigenvalue weighted by Crippen LogP contribution is 2.41. The maximum absolute atomic E-state index is 13.1. The number of carbonyl (C=O) groups is 1. The average Bonchev–Trinajstić information content (AvgIpc) is 3.43. The van der Waals surface area contributed by atoms with E-state index in [1.54, 1.807) is 11.3 Å². The zero-order valence-corrected chi connectivity index (χ0v) is 16.6. The highest BCUT2D eigenvalue weighted by Gasteiger charge is 2.42. The molecule has 0 unspecified atom stereocenters. The molecule has 3 aromatic rings. The zero-order chi connectivity index (χ0) is 18.7. The summed E-state index contributed by atoms with van der Waals surface area (Å²) in [6.45, 7) is 0.575. The van der Waals surface area contributed by atoms with E-state index >= 15 is 0 Å². The summed E-state index contributed by atoms with van der Waals surface area (Å²) in [4.78, 5) is 22.0. The number of aromatic amines is 1. The summed E-state index contributed by atoms with van der Waals surface area (Å²) in [6, 6.07) is 11.8. The SMILES string of the molecule is O=C(NCCc1ncc(-c2cccs2)[nH]1)C1(c2ccc(Cl)cc2)CCCC1. The third-order valence-electron chi connectivity index (χ3n) is 5.35. The van der Waals surface area contributed by atoms with Crippen molar-refractivity contribution in [3.8, 4) is 10.6 Å². The molecule has 0 aliphatic heterocycles. The number of thiophene rings is 1. The number of hydrogen-bond acceptors (Lipinski definition) is 3. The van der Waals surface area contributed by atoms with Gasteiger partial charge in [0.1, 0.15) is 5.82 Å². The van der Waals surface area contributed by atoms with Crippen LogP contribution in [0, 0.1) is 0 Å². The molecule has 0 atom stereocenters. The van der Waals surface area contributed by atoms with E-state index in [-0.39, 0.29) is 5.91 Å². The van der Waals surface area contributed by atoms with Crippen molar-refractivity contribution in [1.29, 1.82) is 0 Å². The van der Waals surface area contributed by atoms with Gasteiger partial charge in [-0.3, -0.25) is 4.79 Å². The fourth-order valence-corrected chi connectivity index (χ4v) is 4.72. The first-order valence-corrected chi connectivity index (χ1v) is 10.6. The second-order valence-electron chi connectivity index (χ2n) is 7.02. The number of halogens is 1. The van der Waals surface area contributed by atoms with Crippen LogP contribution in [-0.4, -0.2) is 22.4 Å². The van der Waals surface area contributed by atoms with Gasteiger partial charge in [0.15, 0.2) is 0 Å². The van der Waals surface area contributed by atoms with E-state index in [9.17, 15) is 4.79 Å². The number of amides is 1. The van der Waals surface area contributed by atoms with Gasteiger partial charge in [0.25, 0.3) is 0 Å². The molecule has 1 amide bonds. The number of nitrogens with zero attached hydrogens (tertiary/aromatic N) is 1. The molecule has 0 bridgehead atoms. The molecule has 4 nitrogen and oxygen atoms in total. The number of benzene rings is 1. The van der Waals surface area contributed by atoms with E-state index in [2.05, 4.69) is 21.4 Å². The van der Waals surface area contributed by atoms with E-state index in [4.69, 9.17) is 11.6 Å². The molecule has 4 rings (SSSR count). The second kappa shape index (κ2) is 7.87. The Balaban J connectivity index is 1.40. The summed E-state index contributed by atoms with van der Waals surface area (Å²) in [5, 5.41) is 5.89. The van der Waals surface area contributed by atoms with Gasteiger partial charge in [-0.15, -0.1) is 11.3 Å². The Morgan fingerprint density at radius 2 is 2.00 bits per heavy atom. The van der Waals surface area contributed by atoms with Gasteiger partial charge in [-0.2, -0.15) is 0 Å². The highest BCUT2D eigenvalue weighted by molar-refractivity contribution is 7.13. The third kappa shape index (κ3) is 3.80. The van der Waals surface area contributed by atoms with Crippen LogP contribution >= 0.6 is 22.9 Å². The number of carbonyl (C=O) groups excluding carboxylic acids is 1. The van der Waals surface area contributed by atoms with Gasteiger partial charge in [-0.1, -0.05) is 42.6 Å². The number of H-pyrrole nitrogens is 1. The molecule has 2 aromatic heterocycles. The monoisotopic (exact) mass is 399 g/mol. The molecule has 0 saturated heterocycles. The molecule has 140 valence electrons. The summed E-state index contributed by atoms with van der Waals surface area (Å²) in [5.41, 5.74) is 1.68. The molecule has 0 spiro atoms. The molecular formula is C21H22ClN3OS. The van der Waals surface area contributed by atoms with Crippen molar-refractivity contribution < 1.29 is 4.79 Å². The minimum atomic E-state index is -0.421. The summed E-state index contributed by atoms with van der Waals surface area (Å²) < 4.78 is 0. The molecule has 6 heteroatoms. The zero-order valence-electron chi connectivity index (χ0n) is 15.0. The van der Waals surface area contributed by atoms with Gasteiger partial charge in [0.05, 0.1) is 22.2 Å². The minimum Gasteiger partial charge on any atom is -0.355 e. The third-order valence-corrected chi connectivity index (χ3v) is 6.51. The summed E-state index contributed by atoms with van der Waals surface area (Å²) in [7, 11) is 0. The lowest BCUT2D eigenvalue weighted by Gasteiger charge is -2.28. The lowest BCUT2D eigenvalue weighted by Crippen LogP contribution is -2.43. The molecule has 0 radical (unpaired) electrons. The van der Waals surface area contributed by atoms with Gasteiger partial charge in [0, 0.05) is 18.0 Å². The predicted octanol–water partition coefficient (Wildman–Crippen LogP) is 4.96. The van der Waals surface area contributed by atoms with Crippen molar-refractivity contribution in [2.75, 3.05) is 6.54 Å². The number of hydrogen-bond donors (Lipinski definition) is 2. The van der Waals surface area contributed by atoms with Crippen LogP contribution in [0.4, 0.5) is 0 Å².